The SMILES string of the molecule is O=C(Nc1ccccc1SC(F)F)c1ccc(=O)[nH]c1. The van der Waals surface area contributed by atoms with E-state index in [0.717, 1.165) is 0 Å². The van der Waals surface area contributed by atoms with Crippen LogP contribution in [0.15, 0.2) is 52.3 Å². The van der Waals surface area contributed by atoms with Crippen molar-refractivity contribution in [1.82, 2.24) is 4.98 Å². The maximum atomic E-state index is 12.4. The van der Waals surface area contributed by atoms with Crippen molar-refractivity contribution in [1.29, 1.82) is 0 Å². The van der Waals surface area contributed by atoms with Gasteiger partial charge in [0.25, 0.3) is 11.7 Å². The summed E-state index contributed by atoms with van der Waals surface area (Å²) in [5.41, 5.74) is 0.214. The van der Waals surface area contributed by atoms with E-state index in [1.807, 2.05) is 0 Å². The Bertz CT molecular complexity index is 653. The minimum absolute atomic E-state index is 0.237. The molecule has 1 amide bonds. The number of aromatic nitrogens is 1. The third-order valence-electron chi connectivity index (χ3n) is 2.40. The highest BCUT2D eigenvalue weighted by Crippen LogP contribution is 2.31. The van der Waals surface area contributed by atoms with Crippen molar-refractivity contribution in [2.45, 2.75) is 10.7 Å². The van der Waals surface area contributed by atoms with Crippen LogP contribution in [0.3, 0.4) is 0 Å². The lowest BCUT2D eigenvalue weighted by molar-refractivity contribution is 0.102. The van der Waals surface area contributed by atoms with Crippen molar-refractivity contribution in [2.75, 3.05) is 5.32 Å². The number of H-pyrrole nitrogens is 1. The zero-order valence-electron chi connectivity index (χ0n) is 10.1. The molecule has 0 radical (unpaired) electrons. The summed E-state index contributed by atoms with van der Waals surface area (Å²) in [6.07, 6.45) is 1.26. The van der Waals surface area contributed by atoms with Crippen molar-refractivity contribution in [3.8, 4) is 0 Å². The maximum Gasteiger partial charge on any atom is 0.288 e. The first-order valence-electron chi connectivity index (χ1n) is 5.60. The molecule has 0 spiro atoms. The van der Waals surface area contributed by atoms with E-state index in [2.05, 4.69) is 10.3 Å². The number of para-hydroxylation sites is 1. The Kier molecular flexibility index (Phi) is 4.52. The Morgan fingerprint density at radius 1 is 1.20 bits per heavy atom. The molecule has 0 atom stereocenters. The van der Waals surface area contributed by atoms with Crippen LogP contribution in [-0.2, 0) is 0 Å². The Labute approximate surface area is 117 Å². The van der Waals surface area contributed by atoms with Crippen molar-refractivity contribution >= 4 is 23.4 Å². The Hall–Kier alpha value is -2.15. The topological polar surface area (TPSA) is 62.0 Å². The van der Waals surface area contributed by atoms with E-state index in [9.17, 15) is 18.4 Å². The molecular formula is C13H10F2N2O2S. The van der Waals surface area contributed by atoms with Crippen LogP contribution in [-0.4, -0.2) is 16.6 Å². The normalized spacial score (nSPS) is 10.6. The van der Waals surface area contributed by atoms with Crippen molar-refractivity contribution < 1.29 is 13.6 Å². The highest BCUT2D eigenvalue weighted by atomic mass is 32.2. The Morgan fingerprint density at radius 2 is 1.95 bits per heavy atom. The number of aromatic amines is 1. The lowest BCUT2D eigenvalue weighted by atomic mass is 10.2. The molecular weight excluding hydrogens is 286 g/mol. The fourth-order valence-corrected chi connectivity index (χ4v) is 2.11. The first-order valence-corrected chi connectivity index (χ1v) is 6.48. The van der Waals surface area contributed by atoms with Crippen LogP contribution in [0.1, 0.15) is 10.4 Å². The molecule has 4 nitrogen and oxygen atoms in total. The number of alkyl halides is 2. The summed E-state index contributed by atoms with van der Waals surface area (Å²) in [6.45, 7) is 0. The zero-order valence-corrected chi connectivity index (χ0v) is 10.9. The molecule has 1 aromatic heterocycles. The van der Waals surface area contributed by atoms with E-state index in [1.54, 1.807) is 12.1 Å². The molecule has 0 fully saturated rings. The third kappa shape index (κ3) is 3.67. The van der Waals surface area contributed by atoms with Crippen LogP contribution in [0.25, 0.3) is 0 Å². The molecule has 104 valence electrons. The maximum absolute atomic E-state index is 12.4. The van der Waals surface area contributed by atoms with Gasteiger partial charge in [-0.25, -0.2) is 0 Å². The second kappa shape index (κ2) is 6.33. The van der Waals surface area contributed by atoms with Crippen LogP contribution in [0.2, 0.25) is 0 Å². The number of benzene rings is 1. The summed E-state index contributed by atoms with van der Waals surface area (Å²) in [4.78, 5) is 25.5. The van der Waals surface area contributed by atoms with Gasteiger partial charge in [0.2, 0.25) is 5.56 Å². The molecule has 0 aliphatic heterocycles. The molecule has 1 aromatic carbocycles. The van der Waals surface area contributed by atoms with E-state index in [0.29, 0.717) is 17.4 Å². The molecule has 0 bridgehead atoms. The predicted octanol–water partition coefficient (Wildman–Crippen LogP) is 2.94. The monoisotopic (exact) mass is 296 g/mol. The molecule has 0 aliphatic carbocycles. The number of carbonyl (C=O) groups excluding carboxylic acids is 1. The molecule has 7 heteroatoms. The number of hydrogen-bond acceptors (Lipinski definition) is 3. The van der Waals surface area contributed by atoms with Gasteiger partial charge in [0.05, 0.1) is 11.3 Å². The van der Waals surface area contributed by atoms with Gasteiger partial charge in [-0.3, -0.25) is 9.59 Å². The molecule has 0 saturated heterocycles. The first kappa shape index (κ1) is 14.3. The molecule has 1 heterocycles. The molecule has 2 aromatic rings. The average Bonchev–Trinajstić information content (AvgIpc) is 2.41. The number of pyridine rings is 1. The number of hydrogen-bond donors (Lipinski definition) is 2. The summed E-state index contributed by atoms with van der Waals surface area (Å²) in [5.74, 6) is -3.05. The zero-order chi connectivity index (χ0) is 14.5. The summed E-state index contributed by atoms with van der Waals surface area (Å²) >= 11 is 0.359. The predicted molar refractivity (Wildman–Crippen MR) is 73.3 cm³/mol. The van der Waals surface area contributed by atoms with Crippen molar-refractivity contribution in [2.24, 2.45) is 0 Å². The first-order chi connectivity index (χ1) is 9.56. The number of anilines is 1. The second-order valence-corrected chi connectivity index (χ2v) is 4.80. The van der Waals surface area contributed by atoms with Gasteiger partial charge in [-0.1, -0.05) is 23.9 Å². The van der Waals surface area contributed by atoms with Crippen LogP contribution in [0, 0.1) is 0 Å². The average molecular weight is 296 g/mol. The van der Waals surface area contributed by atoms with Crippen molar-refractivity contribution in [3.63, 3.8) is 0 Å². The smallest absolute Gasteiger partial charge is 0.288 e. The highest BCUT2D eigenvalue weighted by Gasteiger charge is 2.12. The number of thioether (sulfide) groups is 1. The van der Waals surface area contributed by atoms with E-state index in [1.165, 1.54) is 30.5 Å². The Balaban J connectivity index is 2.19. The van der Waals surface area contributed by atoms with Gasteiger partial charge in [-0.2, -0.15) is 8.78 Å². The lowest BCUT2D eigenvalue weighted by Crippen LogP contribution is -2.15. The van der Waals surface area contributed by atoms with Gasteiger partial charge in [0.15, 0.2) is 0 Å². The minimum atomic E-state index is -2.57. The van der Waals surface area contributed by atoms with Crippen LogP contribution < -0.4 is 10.9 Å². The Morgan fingerprint density at radius 3 is 2.60 bits per heavy atom. The fraction of sp³-hybridized carbons (Fsp3) is 0.0769. The quantitative estimate of drug-likeness (QED) is 0.853. The van der Waals surface area contributed by atoms with Crippen LogP contribution >= 0.6 is 11.8 Å². The van der Waals surface area contributed by atoms with Gasteiger partial charge >= 0.3 is 0 Å². The second-order valence-electron chi connectivity index (χ2n) is 3.77. The number of nitrogens with one attached hydrogen (secondary N) is 2. The number of halogens is 2. The summed E-state index contributed by atoms with van der Waals surface area (Å²) in [5, 5.41) is 2.54. The number of rotatable bonds is 4. The van der Waals surface area contributed by atoms with Gasteiger partial charge in [0, 0.05) is 17.2 Å². The third-order valence-corrected chi connectivity index (χ3v) is 3.19. The van der Waals surface area contributed by atoms with E-state index >= 15 is 0 Å². The van der Waals surface area contributed by atoms with Crippen molar-refractivity contribution in [3.05, 3.63) is 58.5 Å². The van der Waals surface area contributed by atoms with Crippen LogP contribution in [0.4, 0.5) is 14.5 Å². The number of amides is 1. The van der Waals surface area contributed by atoms with E-state index < -0.39 is 11.7 Å². The summed E-state index contributed by atoms with van der Waals surface area (Å²) in [6, 6.07) is 8.86. The number of carbonyl (C=O) groups is 1. The fourth-order valence-electron chi connectivity index (χ4n) is 1.51. The summed E-state index contributed by atoms with van der Waals surface area (Å²) in [7, 11) is 0. The molecule has 0 saturated carbocycles. The van der Waals surface area contributed by atoms with Gasteiger partial charge < -0.3 is 10.3 Å². The van der Waals surface area contributed by atoms with Crippen LogP contribution in [0.5, 0.6) is 0 Å². The van der Waals surface area contributed by atoms with Gasteiger partial charge in [-0.15, -0.1) is 0 Å². The highest BCUT2D eigenvalue weighted by molar-refractivity contribution is 7.99. The molecule has 2 rings (SSSR count). The van der Waals surface area contributed by atoms with E-state index in [4.69, 9.17) is 0 Å². The lowest BCUT2D eigenvalue weighted by Gasteiger charge is -2.10. The minimum Gasteiger partial charge on any atom is -0.328 e. The largest absolute Gasteiger partial charge is 0.328 e. The van der Waals surface area contributed by atoms with Gasteiger partial charge in [0.1, 0.15) is 0 Å². The molecule has 0 aliphatic rings. The standard InChI is InChI=1S/C13H10F2N2O2S/c14-13(15)20-10-4-2-1-3-9(10)17-12(19)8-5-6-11(18)16-7-8/h1-7,13H,(H,16,18)(H,17,19). The van der Waals surface area contributed by atoms with Gasteiger partial charge in [-0.05, 0) is 18.2 Å². The summed E-state index contributed by atoms with van der Waals surface area (Å²) < 4.78 is 24.8. The van der Waals surface area contributed by atoms with E-state index in [-0.39, 0.29) is 16.0 Å². The molecule has 0 unspecified atom stereocenters. The molecule has 20 heavy (non-hydrogen) atoms. The molecule has 2 N–H and O–H groups in total.